The molecule has 0 radical (unpaired) electrons. The Hall–Kier alpha value is -0.560. The number of methoxy groups -OCH3 is 1. The van der Waals surface area contributed by atoms with Gasteiger partial charge in [-0.3, -0.25) is 14.2 Å². The average molecular weight is 356 g/mol. The van der Waals surface area contributed by atoms with Crippen molar-refractivity contribution in [2.45, 2.75) is 20.8 Å². The summed E-state index contributed by atoms with van der Waals surface area (Å²) in [6.07, 6.45) is -0.0678. The molecule has 0 aliphatic heterocycles. The van der Waals surface area contributed by atoms with E-state index in [0.29, 0.717) is 0 Å². The highest BCUT2D eigenvalue weighted by atomic mass is 32.2. The van der Waals surface area contributed by atoms with Crippen LogP contribution in [0.5, 0.6) is 0 Å². The summed E-state index contributed by atoms with van der Waals surface area (Å²) in [5.74, 6) is -1.14. The molecule has 0 spiro atoms. The molecule has 9 heteroatoms. The van der Waals surface area contributed by atoms with Crippen LogP contribution in [0.2, 0.25) is 0 Å². The zero-order valence-electron chi connectivity index (χ0n) is 13.5. The van der Waals surface area contributed by atoms with Crippen molar-refractivity contribution in [1.29, 1.82) is 0 Å². The van der Waals surface area contributed by atoms with Gasteiger partial charge in [0.25, 0.3) is 0 Å². The van der Waals surface area contributed by atoms with E-state index >= 15 is 0 Å². The van der Waals surface area contributed by atoms with Crippen molar-refractivity contribution in [2.24, 2.45) is 5.92 Å². The molecule has 0 fully saturated rings. The molecule has 0 aromatic carbocycles. The van der Waals surface area contributed by atoms with Gasteiger partial charge in [-0.1, -0.05) is 0 Å². The van der Waals surface area contributed by atoms with Gasteiger partial charge in [-0.25, -0.2) is 0 Å². The highest BCUT2D eigenvalue weighted by molar-refractivity contribution is 7.99. The molecular formula is C13H25O7PS. The fraction of sp³-hybridized carbons (Fsp3) is 0.846. The first-order valence-corrected chi connectivity index (χ1v) is 9.99. The summed E-state index contributed by atoms with van der Waals surface area (Å²) < 4.78 is 32.5. The molecule has 0 rings (SSSR count). The van der Waals surface area contributed by atoms with E-state index < -0.39 is 19.5 Å². The summed E-state index contributed by atoms with van der Waals surface area (Å²) in [4.78, 5) is 23.1. The van der Waals surface area contributed by atoms with Gasteiger partial charge < -0.3 is 18.5 Å². The monoisotopic (exact) mass is 356 g/mol. The number of rotatable bonds is 12. The second kappa shape index (κ2) is 11.9. The second-order valence-corrected chi connectivity index (χ2v) is 7.30. The molecule has 130 valence electrons. The third-order valence-corrected chi connectivity index (χ3v) is 5.75. The summed E-state index contributed by atoms with van der Waals surface area (Å²) in [5, 5.41) is 0. The summed E-state index contributed by atoms with van der Waals surface area (Å²) >= 11 is 1.22. The molecule has 0 aromatic heterocycles. The van der Waals surface area contributed by atoms with Crippen LogP contribution in [0.15, 0.2) is 0 Å². The zero-order chi connectivity index (χ0) is 17.0. The fourth-order valence-electron chi connectivity index (χ4n) is 1.60. The van der Waals surface area contributed by atoms with Crippen LogP contribution in [-0.2, 0) is 32.7 Å². The number of esters is 2. The lowest BCUT2D eigenvalue weighted by Crippen LogP contribution is -2.25. The molecule has 1 unspecified atom stereocenters. The molecule has 0 aliphatic rings. The molecule has 0 heterocycles. The molecule has 0 aliphatic carbocycles. The molecule has 7 nitrogen and oxygen atoms in total. The Morgan fingerprint density at radius 2 is 1.68 bits per heavy atom. The standard InChI is InChI=1S/C13H25O7PS/c1-5-18-13(15)11(9-22-10-12(14)17-4)8-21(16,19-6-2)20-7-3/h11H,5-10H2,1-4H3. The van der Waals surface area contributed by atoms with Crippen LogP contribution in [-0.4, -0.2) is 56.5 Å². The van der Waals surface area contributed by atoms with Gasteiger partial charge in [-0.05, 0) is 20.8 Å². The largest absolute Gasteiger partial charge is 0.468 e. The van der Waals surface area contributed by atoms with Crippen LogP contribution < -0.4 is 0 Å². The molecule has 0 aromatic rings. The number of hydrogen-bond donors (Lipinski definition) is 0. The van der Waals surface area contributed by atoms with Crippen LogP contribution in [0.3, 0.4) is 0 Å². The van der Waals surface area contributed by atoms with Crippen molar-refractivity contribution < 1.29 is 32.7 Å². The molecular weight excluding hydrogens is 331 g/mol. The minimum absolute atomic E-state index is 0.0678. The Balaban J connectivity index is 4.79. The van der Waals surface area contributed by atoms with Gasteiger partial charge in [0, 0.05) is 5.75 Å². The number of carbonyl (C=O) groups excluding carboxylic acids is 2. The lowest BCUT2D eigenvalue weighted by atomic mass is 10.2. The van der Waals surface area contributed by atoms with Crippen molar-refractivity contribution in [1.82, 2.24) is 0 Å². The molecule has 0 bridgehead atoms. The number of thioether (sulfide) groups is 1. The van der Waals surface area contributed by atoms with Crippen molar-refractivity contribution in [3.63, 3.8) is 0 Å². The zero-order valence-corrected chi connectivity index (χ0v) is 15.2. The van der Waals surface area contributed by atoms with E-state index in [9.17, 15) is 14.2 Å². The Morgan fingerprint density at radius 3 is 2.14 bits per heavy atom. The van der Waals surface area contributed by atoms with E-state index in [4.69, 9.17) is 13.8 Å². The Bertz CT molecular complexity index is 379. The molecule has 0 saturated carbocycles. The maximum absolute atomic E-state index is 12.5. The quantitative estimate of drug-likeness (QED) is 0.389. The third kappa shape index (κ3) is 8.78. The number of hydrogen-bond acceptors (Lipinski definition) is 8. The average Bonchev–Trinajstić information content (AvgIpc) is 2.46. The van der Waals surface area contributed by atoms with Crippen LogP contribution in [0.4, 0.5) is 0 Å². The smallest absolute Gasteiger partial charge is 0.331 e. The first kappa shape index (κ1) is 21.4. The van der Waals surface area contributed by atoms with E-state index in [1.807, 2.05) is 0 Å². The Morgan fingerprint density at radius 1 is 1.09 bits per heavy atom. The first-order valence-electron chi connectivity index (χ1n) is 7.11. The Labute approximate surface area is 135 Å². The van der Waals surface area contributed by atoms with E-state index in [0.717, 1.165) is 0 Å². The van der Waals surface area contributed by atoms with Crippen LogP contribution >= 0.6 is 19.4 Å². The molecule has 0 N–H and O–H groups in total. The maximum Gasteiger partial charge on any atom is 0.331 e. The predicted molar refractivity (Wildman–Crippen MR) is 85.2 cm³/mol. The normalized spacial score (nSPS) is 12.7. The van der Waals surface area contributed by atoms with Gasteiger partial charge >= 0.3 is 19.5 Å². The SMILES string of the molecule is CCOC(=O)C(CSCC(=O)OC)CP(=O)(OCC)OCC. The third-order valence-electron chi connectivity index (χ3n) is 2.48. The number of ether oxygens (including phenoxy) is 2. The van der Waals surface area contributed by atoms with Gasteiger partial charge in [0.05, 0.1) is 44.8 Å². The minimum atomic E-state index is -3.35. The summed E-state index contributed by atoms with van der Waals surface area (Å²) in [7, 11) is -2.06. The van der Waals surface area contributed by atoms with Gasteiger partial charge in [0.1, 0.15) is 0 Å². The van der Waals surface area contributed by atoms with Crippen LogP contribution in [0.1, 0.15) is 20.8 Å². The minimum Gasteiger partial charge on any atom is -0.468 e. The van der Waals surface area contributed by atoms with Crippen molar-refractivity contribution in [2.75, 3.05) is 44.6 Å². The van der Waals surface area contributed by atoms with E-state index in [1.165, 1.54) is 18.9 Å². The van der Waals surface area contributed by atoms with E-state index in [1.54, 1.807) is 20.8 Å². The lowest BCUT2D eigenvalue weighted by Gasteiger charge is -2.21. The highest BCUT2D eigenvalue weighted by Crippen LogP contribution is 2.50. The molecule has 22 heavy (non-hydrogen) atoms. The van der Waals surface area contributed by atoms with Gasteiger partial charge in [0.15, 0.2) is 0 Å². The topological polar surface area (TPSA) is 88.1 Å². The van der Waals surface area contributed by atoms with Crippen LogP contribution in [0, 0.1) is 5.92 Å². The van der Waals surface area contributed by atoms with Crippen molar-refractivity contribution in [3.05, 3.63) is 0 Å². The van der Waals surface area contributed by atoms with E-state index in [2.05, 4.69) is 4.74 Å². The Kier molecular flexibility index (Phi) is 11.6. The first-order chi connectivity index (χ1) is 10.4. The summed E-state index contributed by atoms with van der Waals surface area (Å²) in [5.41, 5.74) is 0. The highest BCUT2D eigenvalue weighted by Gasteiger charge is 2.33. The summed E-state index contributed by atoms with van der Waals surface area (Å²) in [6.45, 7) is 5.78. The maximum atomic E-state index is 12.5. The molecule has 1 atom stereocenters. The van der Waals surface area contributed by atoms with Gasteiger partial charge in [-0.15, -0.1) is 11.8 Å². The summed E-state index contributed by atoms with van der Waals surface area (Å²) in [6, 6.07) is 0. The lowest BCUT2D eigenvalue weighted by molar-refractivity contribution is -0.146. The van der Waals surface area contributed by atoms with Gasteiger partial charge in [0.2, 0.25) is 0 Å². The molecule has 0 saturated heterocycles. The second-order valence-electron chi connectivity index (χ2n) is 4.17. The predicted octanol–water partition coefficient (Wildman–Crippen LogP) is 2.34. The van der Waals surface area contributed by atoms with Crippen molar-refractivity contribution in [3.8, 4) is 0 Å². The van der Waals surface area contributed by atoms with E-state index in [-0.39, 0.29) is 43.5 Å². The molecule has 0 amide bonds. The van der Waals surface area contributed by atoms with Crippen LogP contribution in [0.25, 0.3) is 0 Å². The van der Waals surface area contributed by atoms with Crippen molar-refractivity contribution >= 4 is 31.3 Å². The van der Waals surface area contributed by atoms with Gasteiger partial charge in [-0.2, -0.15) is 0 Å². The number of carbonyl (C=O) groups is 2. The fourth-order valence-corrected chi connectivity index (χ4v) is 4.61.